The molecule has 0 aliphatic heterocycles. The molecular weight excluding hydrogens is 226 g/mol. The van der Waals surface area contributed by atoms with Gasteiger partial charge >= 0.3 is 0 Å². The Morgan fingerprint density at radius 1 is 0.765 bits per heavy atom. The third-order valence-electron chi connectivity index (χ3n) is 2.94. The Hall–Kier alpha value is -2.10. The molecule has 2 aromatic carbocycles. The molecule has 0 heterocycles. The molecule has 4 heteroatoms. The molecule has 0 saturated heterocycles. The van der Waals surface area contributed by atoms with E-state index in [1.807, 2.05) is 0 Å². The van der Waals surface area contributed by atoms with Gasteiger partial charge in [-0.1, -0.05) is 0 Å². The Balaban J connectivity index is 2.39. The first-order valence-corrected chi connectivity index (χ1v) is 5.05. The molecule has 2 nitrogen and oxygen atoms in total. The predicted molar refractivity (Wildman–Crippen MR) is 57.1 cm³/mol. The summed E-state index contributed by atoms with van der Waals surface area (Å²) in [5.41, 5.74) is 0.599. The largest absolute Gasteiger partial charge is 0.294 e. The number of rotatable bonds is 0. The van der Waals surface area contributed by atoms with E-state index in [1.54, 1.807) is 0 Å². The van der Waals surface area contributed by atoms with E-state index in [-0.39, 0.29) is 18.0 Å². The van der Waals surface area contributed by atoms with Crippen molar-refractivity contribution in [2.75, 3.05) is 0 Å². The van der Waals surface area contributed by atoms with Crippen molar-refractivity contribution in [1.82, 2.24) is 0 Å². The van der Waals surface area contributed by atoms with Crippen LogP contribution in [0.3, 0.4) is 0 Å². The summed E-state index contributed by atoms with van der Waals surface area (Å²) >= 11 is 0. The molecule has 0 unspecified atom stereocenters. The summed E-state index contributed by atoms with van der Waals surface area (Å²) in [6.07, 6.45) is -0.156. The first kappa shape index (κ1) is 10.1. The lowest BCUT2D eigenvalue weighted by molar-refractivity contribution is 0.0923. The van der Waals surface area contributed by atoms with Gasteiger partial charge in [-0.15, -0.1) is 0 Å². The van der Waals surface area contributed by atoms with Crippen molar-refractivity contribution in [3.05, 3.63) is 47.0 Å². The van der Waals surface area contributed by atoms with Crippen molar-refractivity contribution in [3.63, 3.8) is 0 Å². The third-order valence-corrected chi connectivity index (χ3v) is 2.94. The van der Waals surface area contributed by atoms with Gasteiger partial charge in [0, 0.05) is 11.1 Å². The van der Waals surface area contributed by atoms with Crippen LogP contribution < -0.4 is 0 Å². The molecule has 3 rings (SSSR count). The van der Waals surface area contributed by atoms with Gasteiger partial charge < -0.3 is 0 Å². The molecule has 0 saturated carbocycles. The van der Waals surface area contributed by atoms with Crippen LogP contribution in [0.1, 0.15) is 27.1 Å². The second-order valence-electron chi connectivity index (χ2n) is 4.03. The van der Waals surface area contributed by atoms with Gasteiger partial charge in [-0.25, -0.2) is 8.78 Å². The lowest BCUT2D eigenvalue weighted by Crippen LogP contribution is -1.92. The average molecular weight is 232 g/mol. The molecule has 1 aliphatic carbocycles. The zero-order chi connectivity index (χ0) is 12.2. The van der Waals surface area contributed by atoms with Gasteiger partial charge in [0.15, 0.2) is 23.2 Å². The van der Waals surface area contributed by atoms with E-state index < -0.39 is 11.6 Å². The van der Waals surface area contributed by atoms with Crippen molar-refractivity contribution in [3.8, 4) is 0 Å². The van der Waals surface area contributed by atoms with Crippen LogP contribution in [-0.4, -0.2) is 11.6 Å². The molecule has 0 amide bonds. The fraction of sp³-hybridized carbons (Fsp3) is 0.0769. The first-order valence-electron chi connectivity index (χ1n) is 5.05. The number of carbonyl (C=O) groups excluding carboxylic acids is 2. The van der Waals surface area contributed by atoms with Crippen LogP contribution >= 0.6 is 0 Å². The summed E-state index contributed by atoms with van der Waals surface area (Å²) < 4.78 is 26.1. The van der Waals surface area contributed by atoms with Crippen LogP contribution in [0.15, 0.2) is 24.3 Å². The van der Waals surface area contributed by atoms with Gasteiger partial charge in [0.25, 0.3) is 0 Å². The van der Waals surface area contributed by atoms with E-state index in [1.165, 1.54) is 12.1 Å². The zero-order valence-corrected chi connectivity index (χ0v) is 8.59. The minimum Gasteiger partial charge on any atom is -0.294 e. The maximum Gasteiger partial charge on any atom is 0.171 e. The van der Waals surface area contributed by atoms with E-state index in [0.29, 0.717) is 21.9 Å². The quantitative estimate of drug-likeness (QED) is 0.654. The molecule has 1 aliphatic rings. The van der Waals surface area contributed by atoms with Crippen LogP contribution in [0.25, 0.3) is 10.8 Å². The van der Waals surface area contributed by atoms with Crippen molar-refractivity contribution < 1.29 is 18.4 Å². The Bertz CT molecular complexity index is 631. The summed E-state index contributed by atoms with van der Waals surface area (Å²) in [7, 11) is 0. The van der Waals surface area contributed by atoms with E-state index in [0.717, 1.165) is 12.1 Å². The molecule has 0 N–H and O–H groups in total. The maximum absolute atomic E-state index is 13.0. The summed E-state index contributed by atoms with van der Waals surface area (Å²) in [5, 5.41) is 0.844. The summed E-state index contributed by atoms with van der Waals surface area (Å²) in [4.78, 5) is 23.0. The van der Waals surface area contributed by atoms with E-state index in [4.69, 9.17) is 0 Å². The predicted octanol–water partition coefficient (Wildman–Crippen LogP) is 2.89. The number of Topliss-reactive ketones (excluding diaryl/α,β-unsaturated/α-hetero) is 2. The number of ketones is 2. The zero-order valence-electron chi connectivity index (χ0n) is 8.59. The molecule has 0 bridgehead atoms. The van der Waals surface area contributed by atoms with Crippen LogP contribution in [0.5, 0.6) is 0 Å². The monoisotopic (exact) mass is 232 g/mol. The Kier molecular flexibility index (Phi) is 1.90. The van der Waals surface area contributed by atoms with Crippen LogP contribution in [0.2, 0.25) is 0 Å². The van der Waals surface area contributed by atoms with Crippen molar-refractivity contribution in [2.45, 2.75) is 6.42 Å². The highest BCUT2D eigenvalue weighted by molar-refractivity contribution is 6.25. The minimum atomic E-state index is -0.964. The van der Waals surface area contributed by atoms with Crippen LogP contribution in [-0.2, 0) is 0 Å². The van der Waals surface area contributed by atoms with Gasteiger partial charge in [0.2, 0.25) is 0 Å². The van der Waals surface area contributed by atoms with Gasteiger partial charge in [0.05, 0.1) is 6.42 Å². The number of fused-ring (bicyclic) bond motifs is 2. The SMILES string of the molecule is O=C1CC(=O)c2cc3cc(F)c(F)cc3cc21. The molecule has 17 heavy (non-hydrogen) atoms. The highest BCUT2D eigenvalue weighted by atomic mass is 19.2. The molecule has 84 valence electrons. The Labute approximate surface area is 94.9 Å². The summed E-state index contributed by atoms with van der Waals surface area (Å²) in [5.74, 6) is -2.46. The van der Waals surface area contributed by atoms with Gasteiger partial charge in [-0.3, -0.25) is 9.59 Å². The molecule has 0 aromatic heterocycles. The summed E-state index contributed by atoms with van der Waals surface area (Å²) in [6.45, 7) is 0. The highest BCUT2D eigenvalue weighted by Crippen LogP contribution is 2.28. The van der Waals surface area contributed by atoms with E-state index in [9.17, 15) is 18.4 Å². The second kappa shape index (κ2) is 3.20. The number of hydrogen-bond acceptors (Lipinski definition) is 2. The molecule has 0 atom stereocenters. The fourth-order valence-electron chi connectivity index (χ4n) is 2.09. The number of carbonyl (C=O) groups is 2. The smallest absolute Gasteiger partial charge is 0.171 e. The number of benzene rings is 2. The van der Waals surface area contributed by atoms with Gasteiger partial charge in [-0.2, -0.15) is 0 Å². The van der Waals surface area contributed by atoms with Crippen LogP contribution in [0, 0.1) is 11.6 Å². The lowest BCUT2D eigenvalue weighted by Gasteiger charge is -2.02. The van der Waals surface area contributed by atoms with Gasteiger partial charge in [-0.05, 0) is 35.0 Å². The number of halogens is 2. The maximum atomic E-state index is 13.0. The van der Waals surface area contributed by atoms with Crippen molar-refractivity contribution >= 4 is 22.3 Å². The Morgan fingerprint density at radius 2 is 1.18 bits per heavy atom. The molecule has 0 spiro atoms. The fourth-order valence-corrected chi connectivity index (χ4v) is 2.09. The minimum absolute atomic E-state index is 0.156. The van der Waals surface area contributed by atoms with E-state index >= 15 is 0 Å². The van der Waals surface area contributed by atoms with Crippen LogP contribution in [0.4, 0.5) is 8.78 Å². The highest BCUT2D eigenvalue weighted by Gasteiger charge is 2.27. The topological polar surface area (TPSA) is 34.1 Å². The summed E-state index contributed by atoms with van der Waals surface area (Å²) in [6, 6.07) is 4.95. The van der Waals surface area contributed by atoms with Gasteiger partial charge in [0.1, 0.15) is 0 Å². The van der Waals surface area contributed by atoms with Crippen molar-refractivity contribution in [1.29, 1.82) is 0 Å². The first-order chi connectivity index (χ1) is 8.06. The lowest BCUT2D eigenvalue weighted by atomic mass is 10.0. The third kappa shape index (κ3) is 1.37. The average Bonchev–Trinajstić information content (AvgIpc) is 2.54. The molecule has 0 fully saturated rings. The Morgan fingerprint density at radius 3 is 1.59 bits per heavy atom. The second-order valence-corrected chi connectivity index (χ2v) is 4.03. The molecule has 2 aromatic rings. The number of hydrogen-bond donors (Lipinski definition) is 0. The van der Waals surface area contributed by atoms with Crippen molar-refractivity contribution in [2.24, 2.45) is 0 Å². The standard InChI is InChI=1S/C13H6F2O2/c14-10-3-6-1-8-9(13(17)5-12(8)16)2-7(6)4-11(10)15/h1-4H,5H2. The normalized spacial score (nSPS) is 14.5. The van der Waals surface area contributed by atoms with E-state index in [2.05, 4.69) is 0 Å². The molecule has 0 radical (unpaired) electrons. The molecular formula is C13H6F2O2.